The van der Waals surface area contributed by atoms with Gasteiger partial charge < -0.3 is 15.1 Å². The van der Waals surface area contributed by atoms with Gasteiger partial charge in [-0.1, -0.05) is 18.1 Å². The number of aliphatic hydroxyl groups excluding tert-OH is 1. The SMILES string of the molecule is CO/N=C1/CC[C@H]2[C@@H]3CCc4cc(O)ccc4[C@H]3C(O)C[C@]12C. The Bertz CT molecular complexity index is 656. The van der Waals surface area contributed by atoms with Crippen LogP contribution in [-0.2, 0) is 11.3 Å². The predicted octanol–water partition coefficient (Wildman–Crippen LogP) is 3.22. The van der Waals surface area contributed by atoms with E-state index in [-0.39, 0.29) is 17.4 Å². The van der Waals surface area contributed by atoms with Crippen molar-refractivity contribution < 1.29 is 15.1 Å². The summed E-state index contributed by atoms with van der Waals surface area (Å²) in [4.78, 5) is 5.06. The number of benzene rings is 1. The van der Waals surface area contributed by atoms with Crippen LogP contribution in [-0.4, -0.2) is 29.1 Å². The summed E-state index contributed by atoms with van der Waals surface area (Å²) in [5.74, 6) is 1.57. The van der Waals surface area contributed by atoms with Crippen LogP contribution < -0.4 is 0 Å². The molecule has 0 heterocycles. The van der Waals surface area contributed by atoms with Crippen LogP contribution in [0.2, 0.25) is 0 Å². The normalized spacial score (nSPS) is 40.4. The first-order valence-corrected chi connectivity index (χ1v) is 8.65. The quantitative estimate of drug-likeness (QED) is 0.782. The Morgan fingerprint density at radius 1 is 1.26 bits per heavy atom. The van der Waals surface area contributed by atoms with Crippen LogP contribution in [0.4, 0.5) is 0 Å². The maximum atomic E-state index is 11.0. The number of rotatable bonds is 1. The molecule has 1 aromatic rings. The van der Waals surface area contributed by atoms with E-state index in [1.54, 1.807) is 13.2 Å². The minimum absolute atomic E-state index is 0.0367. The van der Waals surface area contributed by atoms with Crippen molar-refractivity contribution in [2.45, 2.75) is 51.0 Å². The number of aryl methyl sites for hydroxylation is 1. The second-order valence-electron chi connectivity index (χ2n) is 7.67. The minimum atomic E-state index is -0.356. The van der Waals surface area contributed by atoms with Gasteiger partial charge in [-0.3, -0.25) is 0 Å². The number of nitrogens with zero attached hydrogens (tertiary/aromatic N) is 1. The maximum absolute atomic E-state index is 11.0. The third-order valence-electron chi connectivity index (χ3n) is 6.63. The van der Waals surface area contributed by atoms with Gasteiger partial charge in [-0.2, -0.15) is 0 Å². The summed E-state index contributed by atoms with van der Waals surface area (Å²) in [6.45, 7) is 2.26. The largest absolute Gasteiger partial charge is 0.508 e. The highest BCUT2D eigenvalue weighted by atomic mass is 16.6. The van der Waals surface area contributed by atoms with Crippen molar-refractivity contribution in [3.8, 4) is 5.75 Å². The molecule has 0 radical (unpaired) electrons. The topological polar surface area (TPSA) is 62.0 Å². The second-order valence-corrected chi connectivity index (χ2v) is 7.67. The summed E-state index contributed by atoms with van der Waals surface area (Å²) < 4.78 is 0. The number of phenolic OH excluding ortho intramolecular Hbond substituents is 1. The first-order valence-electron chi connectivity index (χ1n) is 8.65. The average molecular weight is 315 g/mol. The van der Waals surface area contributed by atoms with Crippen molar-refractivity contribution in [1.82, 2.24) is 0 Å². The van der Waals surface area contributed by atoms with Crippen LogP contribution in [0.5, 0.6) is 5.75 Å². The van der Waals surface area contributed by atoms with Gasteiger partial charge in [0.15, 0.2) is 0 Å². The van der Waals surface area contributed by atoms with Gasteiger partial charge >= 0.3 is 0 Å². The highest BCUT2D eigenvalue weighted by Crippen LogP contribution is 2.60. The van der Waals surface area contributed by atoms with E-state index < -0.39 is 0 Å². The molecule has 2 saturated carbocycles. The van der Waals surface area contributed by atoms with Gasteiger partial charge in [0.05, 0.1) is 11.8 Å². The molecular formula is C19H25NO3. The van der Waals surface area contributed by atoms with Crippen molar-refractivity contribution in [2.75, 3.05) is 7.11 Å². The summed E-state index contributed by atoms with van der Waals surface area (Å²) in [6, 6.07) is 5.65. The van der Waals surface area contributed by atoms with Gasteiger partial charge in [-0.05, 0) is 67.2 Å². The van der Waals surface area contributed by atoms with Gasteiger partial charge in [0.1, 0.15) is 12.9 Å². The Labute approximate surface area is 137 Å². The van der Waals surface area contributed by atoms with Crippen LogP contribution in [0.3, 0.4) is 0 Å². The van der Waals surface area contributed by atoms with Crippen molar-refractivity contribution >= 4 is 5.71 Å². The Morgan fingerprint density at radius 2 is 2.09 bits per heavy atom. The number of oxime groups is 1. The summed E-state index contributed by atoms with van der Waals surface area (Å²) in [7, 11) is 1.61. The van der Waals surface area contributed by atoms with Crippen molar-refractivity contribution in [3.05, 3.63) is 29.3 Å². The molecule has 1 unspecified atom stereocenters. The van der Waals surface area contributed by atoms with E-state index in [0.717, 1.165) is 37.8 Å². The lowest BCUT2D eigenvalue weighted by Gasteiger charge is -2.51. The number of hydrogen-bond acceptors (Lipinski definition) is 4. The maximum Gasteiger partial charge on any atom is 0.115 e. The van der Waals surface area contributed by atoms with E-state index in [1.807, 2.05) is 12.1 Å². The van der Waals surface area contributed by atoms with Gasteiger partial charge in [0, 0.05) is 11.3 Å². The summed E-state index contributed by atoms with van der Waals surface area (Å²) in [5, 5.41) is 25.0. The molecule has 2 fully saturated rings. The fourth-order valence-electron chi connectivity index (χ4n) is 5.70. The van der Waals surface area contributed by atoms with Gasteiger partial charge in [0.2, 0.25) is 0 Å². The monoisotopic (exact) mass is 315 g/mol. The minimum Gasteiger partial charge on any atom is -0.508 e. The highest BCUT2D eigenvalue weighted by Gasteiger charge is 2.56. The van der Waals surface area contributed by atoms with E-state index >= 15 is 0 Å². The Kier molecular flexibility index (Phi) is 3.41. The van der Waals surface area contributed by atoms with E-state index in [9.17, 15) is 10.2 Å². The Morgan fingerprint density at radius 3 is 2.87 bits per heavy atom. The number of phenols is 1. The number of fused-ring (bicyclic) bond motifs is 5. The molecule has 4 heteroatoms. The Balaban J connectivity index is 1.74. The molecule has 0 amide bonds. The molecule has 0 aliphatic heterocycles. The fourth-order valence-corrected chi connectivity index (χ4v) is 5.70. The second kappa shape index (κ2) is 5.23. The first-order chi connectivity index (χ1) is 11.0. The summed E-state index contributed by atoms with van der Waals surface area (Å²) in [6.07, 6.45) is 4.58. The van der Waals surface area contributed by atoms with E-state index in [1.165, 1.54) is 11.1 Å². The molecule has 0 spiro atoms. The molecule has 23 heavy (non-hydrogen) atoms. The molecule has 0 aromatic heterocycles. The van der Waals surface area contributed by atoms with Crippen LogP contribution in [0, 0.1) is 17.3 Å². The van der Waals surface area contributed by atoms with E-state index in [4.69, 9.17) is 4.84 Å². The van der Waals surface area contributed by atoms with Crippen molar-refractivity contribution in [1.29, 1.82) is 0 Å². The third-order valence-corrected chi connectivity index (χ3v) is 6.63. The lowest BCUT2D eigenvalue weighted by molar-refractivity contribution is -0.0160. The van der Waals surface area contributed by atoms with Crippen LogP contribution in [0.15, 0.2) is 23.4 Å². The first kappa shape index (κ1) is 15.0. The van der Waals surface area contributed by atoms with Crippen LogP contribution in [0.1, 0.15) is 49.7 Å². The molecule has 124 valence electrons. The lowest BCUT2D eigenvalue weighted by Crippen LogP contribution is -2.49. The standard InChI is InChI=1S/C19H25NO3/c1-19-10-16(22)18-13-6-4-12(21)9-11(13)3-5-14(18)15(19)7-8-17(19)20-23-2/h4,6,9,14-16,18,21-22H,3,5,7-8,10H2,1-2H3/b20-17-/t14-,15-,16?,18+,19-/m0/s1. The summed E-state index contributed by atoms with van der Waals surface area (Å²) in [5.41, 5.74) is 3.53. The fraction of sp³-hybridized carbons (Fsp3) is 0.632. The Hall–Kier alpha value is -1.55. The molecule has 2 N–H and O–H groups in total. The van der Waals surface area contributed by atoms with Crippen molar-refractivity contribution in [2.24, 2.45) is 22.4 Å². The molecule has 3 aliphatic rings. The molecule has 0 bridgehead atoms. The molecular weight excluding hydrogens is 290 g/mol. The zero-order valence-electron chi connectivity index (χ0n) is 13.8. The zero-order valence-corrected chi connectivity index (χ0v) is 13.8. The average Bonchev–Trinajstić information content (AvgIpc) is 2.83. The molecule has 5 atom stereocenters. The van der Waals surface area contributed by atoms with Crippen LogP contribution in [0.25, 0.3) is 0 Å². The molecule has 1 aromatic carbocycles. The lowest BCUT2D eigenvalue weighted by atomic mass is 9.54. The number of aliphatic hydroxyl groups is 1. The molecule has 0 saturated heterocycles. The summed E-state index contributed by atoms with van der Waals surface area (Å²) >= 11 is 0. The van der Waals surface area contributed by atoms with Gasteiger partial charge in [0.25, 0.3) is 0 Å². The highest BCUT2D eigenvalue weighted by molar-refractivity contribution is 5.92. The van der Waals surface area contributed by atoms with Crippen molar-refractivity contribution in [3.63, 3.8) is 0 Å². The van der Waals surface area contributed by atoms with E-state index in [2.05, 4.69) is 12.1 Å². The molecule has 3 aliphatic carbocycles. The van der Waals surface area contributed by atoms with E-state index in [0.29, 0.717) is 17.6 Å². The third kappa shape index (κ3) is 2.11. The number of hydrogen-bond donors (Lipinski definition) is 2. The number of aromatic hydroxyl groups is 1. The van der Waals surface area contributed by atoms with Crippen LogP contribution >= 0.6 is 0 Å². The molecule has 4 nitrogen and oxygen atoms in total. The molecule has 4 rings (SSSR count). The zero-order chi connectivity index (χ0) is 16.2. The van der Waals surface area contributed by atoms with Gasteiger partial charge in [-0.25, -0.2) is 0 Å². The van der Waals surface area contributed by atoms with Gasteiger partial charge in [-0.15, -0.1) is 0 Å². The smallest absolute Gasteiger partial charge is 0.115 e. The predicted molar refractivity (Wildman–Crippen MR) is 88.6 cm³/mol.